The monoisotopic (exact) mass is 279 g/mol. The Morgan fingerprint density at radius 2 is 2.10 bits per heavy atom. The van der Waals surface area contributed by atoms with Gasteiger partial charge in [0.1, 0.15) is 5.82 Å². The molecule has 0 aliphatic rings. The molecule has 0 bridgehead atoms. The Morgan fingerprint density at radius 3 is 2.90 bits per heavy atom. The van der Waals surface area contributed by atoms with Gasteiger partial charge in [0.05, 0.1) is 11.6 Å². The zero-order chi connectivity index (χ0) is 14.8. The first-order valence-corrected chi connectivity index (χ1v) is 6.68. The van der Waals surface area contributed by atoms with Crippen molar-refractivity contribution in [1.82, 2.24) is 4.98 Å². The van der Waals surface area contributed by atoms with Crippen LogP contribution in [0.4, 0.5) is 10.1 Å². The molecular weight excluding hydrogens is 265 g/mol. The number of hydrogen-bond donors (Lipinski definition) is 2. The Bertz CT molecular complexity index is 843. The third-order valence-electron chi connectivity index (χ3n) is 3.62. The number of para-hydroxylation sites is 1. The summed E-state index contributed by atoms with van der Waals surface area (Å²) in [5, 5.41) is 13.3. The van der Waals surface area contributed by atoms with Crippen molar-refractivity contribution < 1.29 is 4.39 Å². The largest absolute Gasteiger partial charge is 0.381 e. The van der Waals surface area contributed by atoms with E-state index in [1.54, 1.807) is 13.0 Å². The molecule has 0 unspecified atom stereocenters. The average molecular weight is 279 g/mol. The quantitative estimate of drug-likeness (QED) is 0.758. The van der Waals surface area contributed by atoms with E-state index >= 15 is 0 Å². The smallest absolute Gasteiger partial charge is 0.129 e. The van der Waals surface area contributed by atoms with Crippen LogP contribution in [-0.2, 0) is 6.54 Å². The SMILES string of the molecule is Cc1c(F)cc(C#N)cc1NCc1c[nH]c2ccccc12. The van der Waals surface area contributed by atoms with E-state index in [0.717, 1.165) is 16.5 Å². The maximum atomic E-state index is 13.7. The third-order valence-corrected chi connectivity index (χ3v) is 3.62. The molecule has 3 nitrogen and oxygen atoms in total. The molecule has 0 radical (unpaired) electrons. The van der Waals surface area contributed by atoms with Crippen LogP contribution in [0.25, 0.3) is 10.9 Å². The summed E-state index contributed by atoms with van der Waals surface area (Å²) in [6.07, 6.45) is 1.94. The molecule has 0 atom stereocenters. The third kappa shape index (κ3) is 2.46. The van der Waals surface area contributed by atoms with E-state index < -0.39 is 0 Å². The second-order valence-electron chi connectivity index (χ2n) is 4.96. The van der Waals surface area contributed by atoms with Crippen molar-refractivity contribution in [2.24, 2.45) is 0 Å². The molecule has 0 amide bonds. The lowest BCUT2D eigenvalue weighted by Crippen LogP contribution is -2.02. The Kier molecular flexibility index (Phi) is 3.33. The molecule has 0 aliphatic heterocycles. The van der Waals surface area contributed by atoms with E-state index in [0.29, 0.717) is 23.4 Å². The van der Waals surface area contributed by atoms with Crippen molar-refractivity contribution in [1.29, 1.82) is 5.26 Å². The van der Waals surface area contributed by atoms with Crippen molar-refractivity contribution in [3.8, 4) is 6.07 Å². The Balaban J connectivity index is 1.88. The Hall–Kier alpha value is -2.80. The average Bonchev–Trinajstić information content (AvgIpc) is 2.92. The summed E-state index contributed by atoms with van der Waals surface area (Å²) in [4.78, 5) is 3.21. The first-order valence-electron chi connectivity index (χ1n) is 6.68. The second-order valence-corrected chi connectivity index (χ2v) is 4.96. The van der Waals surface area contributed by atoms with Gasteiger partial charge in [-0.15, -0.1) is 0 Å². The highest BCUT2D eigenvalue weighted by Crippen LogP contribution is 2.23. The first-order chi connectivity index (χ1) is 10.2. The summed E-state index contributed by atoms with van der Waals surface area (Å²) in [7, 11) is 0. The summed E-state index contributed by atoms with van der Waals surface area (Å²) < 4.78 is 13.7. The van der Waals surface area contributed by atoms with Gasteiger partial charge in [-0.2, -0.15) is 5.26 Å². The molecule has 21 heavy (non-hydrogen) atoms. The van der Waals surface area contributed by atoms with Crippen LogP contribution in [0.5, 0.6) is 0 Å². The Morgan fingerprint density at radius 1 is 1.29 bits per heavy atom. The lowest BCUT2D eigenvalue weighted by molar-refractivity contribution is 0.618. The van der Waals surface area contributed by atoms with Crippen LogP contribution in [0, 0.1) is 24.1 Å². The van der Waals surface area contributed by atoms with Crippen LogP contribution in [0.2, 0.25) is 0 Å². The van der Waals surface area contributed by atoms with E-state index in [2.05, 4.69) is 10.3 Å². The summed E-state index contributed by atoms with van der Waals surface area (Å²) in [5.74, 6) is -0.365. The van der Waals surface area contributed by atoms with Crippen LogP contribution in [0.15, 0.2) is 42.6 Å². The maximum Gasteiger partial charge on any atom is 0.129 e. The molecule has 0 saturated carbocycles. The standard InChI is InChI=1S/C17H14FN3/c1-11-15(18)6-12(8-19)7-17(11)21-10-13-9-20-16-5-3-2-4-14(13)16/h2-7,9,20-21H,10H2,1H3. The summed E-state index contributed by atoms with van der Waals surface area (Å²) >= 11 is 0. The fourth-order valence-electron chi connectivity index (χ4n) is 2.40. The molecule has 0 aliphatic carbocycles. The van der Waals surface area contributed by atoms with E-state index in [9.17, 15) is 4.39 Å². The van der Waals surface area contributed by atoms with Crippen molar-refractivity contribution in [3.05, 3.63) is 65.1 Å². The number of halogens is 1. The summed E-state index contributed by atoms with van der Waals surface area (Å²) in [6.45, 7) is 2.27. The molecule has 3 rings (SSSR count). The fourth-order valence-corrected chi connectivity index (χ4v) is 2.40. The number of H-pyrrole nitrogens is 1. The highest BCUT2D eigenvalue weighted by atomic mass is 19.1. The number of hydrogen-bond acceptors (Lipinski definition) is 2. The van der Waals surface area contributed by atoms with Gasteiger partial charge in [-0.25, -0.2) is 4.39 Å². The number of nitrogens with zero attached hydrogens (tertiary/aromatic N) is 1. The summed E-state index contributed by atoms with van der Waals surface area (Å²) in [6, 6.07) is 12.9. The van der Waals surface area contributed by atoms with Crippen LogP contribution in [0.3, 0.4) is 0 Å². The number of anilines is 1. The normalized spacial score (nSPS) is 10.5. The molecule has 0 spiro atoms. The van der Waals surface area contributed by atoms with Gasteiger partial charge in [0.2, 0.25) is 0 Å². The van der Waals surface area contributed by atoms with Crippen molar-refractivity contribution in [3.63, 3.8) is 0 Å². The highest BCUT2D eigenvalue weighted by molar-refractivity contribution is 5.83. The topological polar surface area (TPSA) is 51.6 Å². The van der Waals surface area contributed by atoms with E-state index in [4.69, 9.17) is 5.26 Å². The number of aromatic nitrogens is 1. The van der Waals surface area contributed by atoms with Gasteiger partial charge in [-0.05, 0) is 30.7 Å². The van der Waals surface area contributed by atoms with Crippen LogP contribution >= 0.6 is 0 Å². The molecule has 0 saturated heterocycles. The minimum absolute atomic E-state index is 0.319. The molecule has 1 aromatic heterocycles. The predicted octanol–water partition coefficient (Wildman–Crippen LogP) is 4.10. The second kappa shape index (κ2) is 5.29. The lowest BCUT2D eigenvalue weighted by Gasteiger charge is -2.10. The first kappa shape index (κ1) is 13.2. The van der Waals surface area contributed by atoms with Crippen LogP contribution < -0.4 is 5.32 Å². The van der Waals surface area contributed by atoms with E-state index in [1.807, 2.05) is 36.5 Å². The molecule has 4 heteroatoms. The van der Waals surface area contributed by atoms with Gasteiger partial charge in [0, 0.05) is 34.9 Å². The van der Waals surface area contributed by atoms with Gasteiger partial charge in [0.15, 0.2) is 0 Å². The number of nitrogens with one attached hydrogen (secondary N) is 2. The van der Waals surface area contributed by atoms with Gasteiger partial charge in [-0.1, -0.05) is 18.2 Å². The van der Waals surface area contributed by atoms with Gasteiger partial charge in [0.25, 0.3) is 0 Å². The molecule has 3 aromatic rings. The number of rotatable bonds is 3. The van der Waals surface area contributed by atoms with Crippen molar-refractivity contribution >= 4 is 16.6 Å². The molecule has 104 valence electrons. The van der Waals surface area contributed by atoms with Gasteiger partial charge >= 0.3 is 0 Å². The minimum Gasteiger partial charge on any atom is -0.381 e. The number of benzene rings is 2. The zero-order valence-corrected chi connectivity index (χ0v) is 11.6. The maximum absolute atomic E-state index is 13.7. The minimum atomic E-state index is -0.365. The van der Waals surface area contributed by atoms with Gasteiger partial charge in [-0.3, -0.25) is 0 Å². The molecular formula is C17H14FN3. The molecule has 1 heterocycles. The number of nitriles is 1. The molecule has 2 N–H and O–H groups in total. The predicted molar refractivity (Wildman–Crippen MR) is 81.5 cm³/mol. The fraction of sp³-hybridized carbons (Fsp3) is 0.118. The van der Waals surface area contributed by atoms with E-state index in [1.165, 1.54) is 6.07 Å². The number of fused-ring (bicyclic) bond motifs is 1. The van der Waals surface area contributed by atoms with Crippen molar-refractivity contribution in [2.75, 3.05) is 5.32 Å². The molecule has 0 fully saturated rings. The van der Waals surface area contributed by atoms with Crippen molar-refractivity contribution in [2.45, 2.75) is 13.5 Å². The zero-order valence-electron chi connectivity index (χ0n) is 11.6. The Labute approximate surface area is 122 Å². The highest BCUT2D eigenvalue weighted by Gasteiger charge is 2.08. The van der Waals surface area contributed by atoms with Crippen LogP contribution in [0.1, 0.15) is 16.7 Å². The van der Waals surface area contributed by atoms with Crippen LogP contribution in [-0.4, -0.2) is 4.98 Å². The lowest BCUT2D eigenvalue weighted by atomic mass is 10.1. The van der Waals surface area contributed by atoms with E-state index in [-0.39, 0.29) is 5.82 Å². The number of aromatic amines is 1. The molecule has 2 aromatic carbocycles. The summed E-state index contributed by atoms with van der Waals surface area (Å²) in [5.41, 5.74) is 3.67. The van der Waals surface area contributed by atoms with Gasteiger partial charge < -0.3 is 10.3 Å².